The van der Waals surface area contributed by atoms with Crippen molar-refractivity contribution in [2.45, 2.75) is 61.5 Å². The average molecular weight is 496 g/mol. The fourth-order valence-electron chi connectivity index (χ4n) is 4.82. The largest absolute Gasteiger partial charge is 0.479 e. The third kappa shape index (κ3) is 4.22. The van der Waals surface area contributed by atoms with Crippen molar-refractivity contribution >= 4 is 17.9 Å². The maximum atomic E-state index is 12.1. The summed E-state index contributed by atoms with van der Waals surface area (Å²) < 4.78 is 10.5. The topological polar surface area (TPSA) is 211 Å². The number of rotatable bonds is 10. The van der Waals surface area contributed by atoms with Gasteiger partial charge in [0.05, 0.1) is 6.61 Å². The Kier molecular flexibility index (Phi) is 7.37. The highest BCUT2D eigenvalue weighted by Crippen LogP contribution is 2.54. The quantitative estimate of drug-likeness (QED) is 0.197. The van der Waals surface area contributed by atoms with Gasteiger partial charge in [-0.15, -0.1) is 0 Å². The predicted molar refractivity (Wildman–Crippen MR) is 115 cm³/mol. The van der Waals surface area contributed by atoms with Gasteiger partial charge in [-0.1, -0.05) is 43.3 Å². The van der Waals surface area contributed by atoms with Gasteiger partial charge in [0.2, 0.25) is 17.3 Å². The number of hydrogen-bond acceptors (Lipinski definition) is 9. The summed E-state index contributed by atoms with van der Waals surface area (Å²) in [5.41, 5.74) is -5.74. The van der Waals surface area contributed by atoms with Crippen LogP contribution in [0.3, 0.4) is 0 Å². The zero-order valence-electron chi connectivity index (χ0n) is 18.8. The number of hydrogen-bond donors (Lipinski definition) is 7. The van der Waals surface area contributed by atoms with Gasteiger partial charge in [-0.3, -0.25) is 0 Å². The molecule has 7 atom stereocenters. The molecule has 35 heavy (non-hydrogen) atoms. The van der Waals surface area contributed by atoms with E-state index in [0.29, 0.717) is 12.0 Å². The maximum absolute atomic E-state index is 12.1. The highest BCUT2D eigenvalue weighted by Gasteiger charge is 2.84. The van der Waals surface area contributed by atoms with Crippen molar-refractivity contribution in [3.05, 3.63) is 47.5 Å². The highest BCUT2D eigenvalue weighted by atomic mass is 16.8. The van der Waals surface area contributed by atoms with Gasteiger partial charge in [-0.05, 0) is 29.9 Å². The summed E-state index contributed by atoms with van der Waals surface area (Å²) in [6.45, 7) is 1.46. The lowest BCUT2D eigenvalue weighted by molar-refractivity contribution is -0.374. The SMILES string of the molecule is C[C@H](/C=C(\CO)CC[C@]12O[C@H](C(=O)O)[C@@](O)(C(=O)O)[C@](C(=O)O)(O1)[C@H](O)[C@H]2O)Cc1ccccc1. The van der Waals surface area contributed by atoms with E-state index in [9.17, 15) is 50.1 Å². The molecule has 192 valence electrons. The number of fused-ring (bicyclic) bond motifs is 2. The second-order valence-electron chi connectivity index (χ2n) is 8.90. The van der Waals surface area contributed by atoms with Gasteiger partial charge in [0, 0.05) is 6.42 Å². The van der Waals surface area contributed by atoms with Crippen LogP contribution in [-0.4, -0.2) is 95.6 Å². The Bertz CT molecular complexity index is 1010. The molecule has 1 aromatic rings. The summed E-state index contributed by atoms with van der Waals surface area (Å²) in [5, 5.41) is 70.6. The Morgan fingerprint density at radius 1 is 1.06 bits per heavy atom. The molecule has 2 aliphatic rings. The first kappa shape index (κ1) is 26.7. The Balaban J connectivity index is 1.92. The van der Waals surface area contributed by atoms with Crippen molar-refractivity contribution in [3.63, 3.8) is 0 Å². The van der Waals surface area contributed by atoms with Gasteiger partial charge in [0.25, 0.3) is 0 Å². The van der Waals surface area contributed by atoms with E-state index in [4.69, 9.17) is 9.47 Å². The third-order valence-corrected chi connectivity index (χ3v) is 6.55. The zero-order valence-corrected chi connectivity index (χ0v) is 18.8. The Hall–Kier alpha value is -2.87. The first-order valence-corrected chi connectivity index (χ1v) is 10.9. The van der Waals surface area contributed by atoms with Crippen LogP contribution in [0, 0.1) is 5.92 Å². The minimum Gasteiger partial charge on any atom is -0.479 e. The van der Waals surface area contributed by atoms with Crippen molar-refractivity contribution < 1.29 is 59.6 Å². The third-order valence-electron chi connectivity index (χ3n) is 6.55. The van der Waals surface area contributed by atoms with Gasteiger partial charge in [0.1, 0.15) is 12.2 Å². The molecular weight excluding hydrogens is 468 g/mol. The number of allylic oxidation sites excluding steroid dienone is 1. The number of aliphatic hydroxyl groups is 4. The molecule has 0 aliphatic carbocycles. The first-order valence-electron chi connectivity index (χ1n) is 10.9. The van der Waals surface area contributed by atoms with Crippen LogP contribution in [0.15, 0.2) is 42.0 Å². The number of carboxylic acid groups (broad SMARTS) is 3. The first-order chi connectivity index (χ1) is 16.4. The molecule has 2 fully saturated rings. The van der Waals surface area contributed by atoms with E-state index in [1.165, 1.54) is 0 Å². The van der Waals surface area contributed by atoms with Crippen LogP contribution in [0.1, 0.15) is 25.3 Å². The molecule has 2 heterocycles. The molecule has 7 N–H and O–H groups in total. The Labute approximate surface area is 199 Å². The summed E-state index contributed by atoms with van der Waals surface area (Å²) >= 11 is 0. The van der Waals surface area contributed by atoms with E-state index in [-0.39, 0.29) is 12.3 Å². The van der Waals surface area contributed by atoms with Crippen molar-refractivity contribution in [1.29, 1.82) is 0 Å². The van der Waals surface area contributed by atoms with Crippen LogP contribution in [0.25, 0.3) is 0 Å². The van der Waals surface area contributed by atoms with E-state index < -0.39 is 66.2 Å². The Morgan fingerprint density at radius 3 is 2.20 bits per heavy atom. The monoisotopic (exact) mass is 496 g/mol. The van der Waals surface area contributed by atoms with Crippen LogP contribution in [0.4, 0.5) is 0 Å². The van der Waals surface area contributed by atoms with E-state index >= 15 is 0 Å². The second-order valence-corrected chi connectivity index (χ2v) is 8.90. The standard InChI is InChI=1S/C23H28O12/c1-12(9-13-5-3-2-4-6-13)10-14(11-24)7-8-21-15(25)16(26)23(35-21,20(31)32)22(33,19(29)30)17(34-21)18(27)28/h2-6,10,12,15-17,24-26,33H,7-9,11H2,1H3,(H,27,28)(H,29,30)(H,31,32)/b14-10-/t12-,15+,16+,17+,21-,22+,23-/m0/s1. The molecule has 1 aromatic carbocycles. The van der Waals surface area contributed by atoms with Gasteiger partial charge < -0.3 is 45.2 Å². The zero-order chi connectivity index (χ0) is 26.2. The summed E-state index contributed by atoms with van der Waals surface area (Å²) in [5.74, 6) is -9.10. The van der Waals surface area contributed by atoms with E-state index in [2.05, 4.69) is 0 Å². The molecule has 0 amide bonds. The number of aliphatic carboxylic acids is 3. The highest BCUT2D eigenvalue weighted by molar-refractivity contribution is 5.97. The number of carboxylic acids is 3. The molecular formula is C23H28O12. The maximum Gasteiger partial charge on any atom is 0.343 e. The number of aliphatic hydroxyl groups excluding tert-OH is 3. The lowest BCUT2D eigenvalue weighted by Gasteiger charge is -2.48. The number of benzene rings is 1. The molecule has 2 aliphatic heterocycles. The summed E-state index contributed by atoms with van der Waals surface area (Å²) in [6, 6.07) is 9.51. The van der Waals surface area contributed by atoms with E-state index in [1.807, 2.05) is 37.3 Å². The molecule has 0 radical (unpaired) electrons. The molecule has 0 spiro atoms. The van der Waals surface area contributed by atoms with Crippen molar-refractivity contribution in [2.75, 3.05) is 6.61 Å². The van der Waals surface area contributed by atoms with E-state index in [0.717, 1.165) is 5.56 Å². The molecule has 2 saturated heterocycles. The molecule has 12 heteroatoms. The molecule has 0 saturated carbocycles. The van der Waals surface area contributed by atoms with Crippen LogP contribution in [0.2, 0.25) is 0 Å². The van der Waals surface area contributed by atoms with Crippen molar-refractivity contribution in [2.24, 2.45) is 5.92 Å². The normalized spacial score (nSPS) is 35.5. The Morgan fingerprint density at radius 2 is 1.69 bits per heavy atom. The summed E-state index contributed by atoms with van der Waals surface area (Å²) in [4.78, 5) is 35.8. The van der Waals surface area contributed by atoms with Gasteiger partial charge in [0.15, 0.2) is 5.79 Å². The fourth-order valence-corrected chi connectivity index (χ4v) is 4.82. The van der Waals surface area contributed by atoms with Crippen molar-refractivity contribution in [1.82, 2.24) is 0 Å². The molecule has 2 bridgehead atoms. The van der Waals surface area contributed by atoms with Crippen LogP contribution in [0.5, 0.6) is 0 Å². The summed E-state index contributed by atoms with van der Waals surface area (Å²) in [6.07, 6.45) is -5.64. The average Bonchev–Trinajstić information content (AvgIpc) is 3.00. The van der Waals surface area contributed by atoms with Crippen molar-refractivity contribution in [3.8, 4) is 0 Å². The lowest BCUT2D eigenvalue weighted by atomic mass is 9.74. The minimum atomic E-state index is -3.77. The predicted octanol–water partition coefficient (Wildman–Crippen LogP) is -0.865. The number of ether oxygens (including phenoxy) is 2. The smallest absolute Gasteiger partial charge is 0.343 e. The minimum absolute atomic E-state index is 0.0497. The molecule has 12 nitrogen and oxygen atoms in total. The van der Waals surface area contributed by atoms with Crippen LogP contribution in [-0.2, 0) is 30.3 Å². The van der Waals surface area contributed by atoms with Gasteiger partial charge in [-0.2, -0.15) is 0 Å². The molecule has 0 aromatic heterocycles. The summed E-state index contributed by atoms with van der Waals surface area (Å²) in [7, 11) is 0. The molecule has 3 rings (SSSR count). The van der Waals surface area contributed by atoms with Crippen LogP contribution < -0.4 is 0 Å². The van der Waals surface area contributed by atoms with Gasteiger partial charge in [-0.25, -0.2) is 14.4 Å². The van der Waals surface area contributed by atoms with Gasteiger partial charge >= 0.3 is 17.9 Å². The molecule has 0 unspecified atom stereocenters. The second kappa shape index (κ2) is 9.64. The van der Waals surface area contributed by atoms with Crippen LogP contribution >= 0.6 is 0 Å². The number of carbonyl (C=O) groups is 3. The lowest BCUT2D eigenvalue weighted by Crippen LogP contribution is -2.77. The van der Waals surface area contributed by atoms with E-state index in [1.54, 1.807) is 6.08 Å². The fraction of sp³-hybridized carbons (Fsp3) is 0.522.